The molecule has 1 amide bonds. The van der Waals surface area contributed by atoms with Gasteiger partial charge >= 0.3 is 6.09 Å². The van der Waals surface area contributed by atoms with Crippen LogP contribution in [0, 0.1) is 11.6 Å². The molecule has 2 fully saturated rings. The van der Waals surface area contributed by atoms with E-state index in [9.17, 15) is 18.7 Å². The smallest absolute Gasteiger partial charge is 0.410 e. The van der Waals surface area contributed by atoms with Crippen LogP contribution in [0.15, 0.2) is 48.5 Å². The standard InChI is InChI=1S/C22H23F2NO3/c23-19-11-5-10-18(20(19)24)22(27)12-16-8-4-9-17(13-22)25(16)21(26)28-14-15-6-2-1-3-7-15/h1-3,5-7,10-11,16-17,27H,4,8-9,12-14H2. The Morgan fingerprint density at radius 2 is 1.75 bits per heavy atom. The predicted octanol–water partition coefficient (Wildman–Crippen LogP) is 4.51. The number of fused-ring (bicyclic) bond motifs is 2. The van der Waals surface area contributed by atoms with Gasteiger partial charge in [-0.1, -0.05) is 42.5 Å². The van der Waals surface area contributed by atoms with Crippen molar-refractivity contribution in [2.45, 2.75) is 56.4 Å². The summed E-state index contributed by atoms with van der Waals surface area (Å²) in [6.45, 7) is 0.179. The number of benzene rings is 2. The van der Waals surface area contributed by atoms with Crippen molar-refractivity contribution in [2.75, 3.05) is 0 Å². The lowest BCUT2D eigenvalue weighted by molar-refractivity contribution is -0.0914. The number of nitrogens with zero attached hydrogens (tertiary/aromatic N) is 1. The van der Waals surface area contributed by atoms with Crippen molar-refractivity contribution in [1.29, 1.82) is 0 Å². The van der Waals surface area contributed by atoms with E-state index in [1.807, 2.05) is 30.3 Å². The number of hydrogen-bond acceptors (Lipinski definition) is 3. The molecule has 2 heterocycles. The third-order valence-electron chi connectivity index (χ3n) is 5.88. The van der Waals surface area contributed by atoms with Gasteiger partial charge in [0.05, 0.1) is 5.60 Å². The van der Waals surface area contributed by atoms with E-state index in [0.717, 1.165) is 18.1 Å². The van der Waals surface area contributed by atoms with Crippen LogP contribution in [-0.2, 0) is 16.9 Å². The van der Waals surface area contributed by atoms with E-state index in [0.29, 0.717) is 12.8 Å². The van der Waals surface area contributed by atoms with E-state index in [-0.39, 0.29) is 37.1 Å². The largest absolute Gasteiger partial charge is 0.445 e. The summed E-state index contributed by atoms with van der Waals surface area (Å²) >= 11 is 0. The number of carbonyl (C=O) groups is 1. The van der Waals surface area contributed by atoms with Gasteiger partial charge in [-0.05, 0) is 30.9 Å². The number of hydrogen-bond donors (Lipinski definition) is 1. The molecule has 6 heteroatoms. The van der Waals surface area contributed by atoms with Gasteiger partial charge in [-0.25, -0.2) is 13.6 Å². The number of rotatable bonds is 3. The van der Waals surface area contributed by atoms with Gasteiger partial charge < -0.3 is 14.7 Å². The Kier molecular flexibility index (Phi) is 5.06. The van der Waals surface area contributed by atoms with Gasteiger partial charge in [0.1, 0.15) is 6.61 Å². The van der Waals surface area contributed by atoms with E-state index in [1.165, 1.54) is 12.1 Å². The van der Waals surface area contributed by atoms with Crippen LogP contribution in [0.3, 0.4) is 0 Å². The van der Waals surface area contributed by atoms with Gasteiger partial charge in [0.2, 0.25) is 0 Å². The maximum Gasteiger partial charge on any atom is 0.410 e. The average molecular weight is 387 g/mol. The Labute approximate surface area is 162 Å². The maximum atomic E-state index is 14.3. The zero-order chi connectivity index (χ0) is 19.7. The second kappa shape index (κ2) is 7.51. The molecule has 0 aliphatic carbocycles. The maximum absolute atomic E-state index is 14.3. The van der Waals surface area contributed by atoms with Crippen molar-refractivity contribution < 1.29 is 23.4 Å². The van der Waals surface area contributed by atoms with Crippen LogP contribution in [0.1, 0.15) is 43.2 Å². The summed E-state index contributed by atoms with van der Waals surface area (Å²) < 4.78 is 33.5. The second-order valence-electron chi connectivity index (χ2n) is 7.73. The van der Waals surface area contributed by atoms with Gasteiger partial charge in [-0.2, -0.15) is 0 Å². The molecule has 2 atom stereocenters. The van der Waals surface area contributed by atoms with Crippen molar-refractivity contribution in [3.05, 3.63) is 71.3 Å². The van der Waals surface area contributed by atoms with Crippen LogP contribution >= 0.6 is 0 Å². The molecule has 2 aliphatic rings. The first-order valence-corrected chi connectivity index (χ1v) is 9.64. The van der Waals surface area contributed by atoms with Crippen LogP contribution in [-0.4, -0.2) is 28.2 Å². The third-order valence-corrected chi connectivity index (χ3v) is 5.88. The molecule has 4 rings (SSSR count). The highest BCUT2D eigenvalue weighted by Crippen LogP contribution is 2.45. The van der Waals surface area contributed by atoms with Crippen LogP contribution < -0.4 is 0 Å². The van der Waals surface area contributed by atoms with Crippen molar-refractivity contribution in [2.24, 2.45) is 0 Å². The van der Waals surface area contributed by atoms with Crippen molar-refractivity contribution in [3.63, 3.8) is 0 Å². The first kappa shape index (κ1) is 18.9. The first-order valence-electron chi connectivity index (χ1n) is 9.64. The topological polar surface area (TPSA) is 49.8 Å². The molecule has 2 unspecified atom stereocenters. The zero-order valence-electron chi connectivity index (χ0n) is 15.5. The normalized spacial score (nSPS) is 26.8. The zero-order valence-corrected chi connectivity index (χ0v) is 15.5. The highest BCUT2D eigenvalue weighted by atomic mass is 19.2. The van der Waals surface area contributed by atoms with E-state index < -0.39 is 23.3 Å². The van der Waals surface area contributed by atoms with Crippen LogP contribution in [0.2, 0.25) is 0 Å². The van der Waals surface area contributed by atoms with Gasteiger partial charge in [-0.3, -0.25) is 0 Å². The minimum Gasteiger partial charge on any atom is -0.445 e. The van der Waals surface area contributed by atoms with E-state index in [4.69, 9.17) is 4.74 Å². The monoisotopic (exact) mass is 387 g/mol. The van der Waals surface area contributed by atoms with Gasteiger partial charge in [0.15, 0.2) is 11.6 Å². The minimum atomic E-state index is -1.49. The fourth-order valence-corrected chi connectivity index (χ4v) is 4.60. The highest BCUT2D eigenvalue weighted by molar-refractivity contribution is 5.69. The number of ether oxygens (including phenoxy) is 1. The van der Waals surface area contributed by atoms with E-state index in [2.05, 4.69) is 0 Å². The fraction of sp³-hybridized carbons (Fsp3) is 0.409. The Morgan fingerprint density at radius 3 is 2.43 bits per heavy atom. The molecule has 4 nitrogen and oxygen atoms in total. The molecule has 0 aromatic heterocycles. The molecule has 0 spiro atoms. The summed E-state index contributed by atoms with van der Waals surface area (Å²) in [6.07, 6.45) is 2.26. The lowest BCUT2D eigenvalue weighted by atomic mass is 9.72. The van der Waals surface area contributed by atoms with Crippen LogP contribution in [0.25, 0.3) is 0 Å². The Balaban J connectivity index is 1.52. The van der Waals surface area contributed by atoms with Gasteiger partial charge in [0.25, 0.3) is 0 Å². The Morgan fingerprint density at radius 1 is 1.07 bits per heavy atom. The van der Waals surface area contributed by atoms with Crippen molar-refractivity contribution in [3.8, 4) is 0 Å². The number of carbonyl (C=O) groups excluding carboxylic acids is 1. The molecular weight excluding hydrogens is 364 g/mol. The molecule has 2 aromatic carbocycles. The molecular formula is C22H23F2NO3. The van der Waals surface area contributed by atoms with Crippen molar-refractivity contribution >= 4 is 6.09 Å². The van der Waals surface area contributed by atoms with Gasteiger partial charge in [0, 0.05) is 30.5 Å². The lowest BCUT2D eigenvalue weighted by Gasteiger charge is -2.51. The van der Waals surface area contributed by atoms with Crippen LogP contribution in [0.4, 0.5) is 13.6 Å². The lowest BCUT2D eigenvalue weighted by Crippen LogP contribution is -2.59. The quantitative estimate of drug-likeness (QED) is 0.843. The number of amides is 1. The molecule has 2 bridgehead atoms. The number of halogens is 2. The van der Waals surface area contributed by atoms with Gasteiger partial charge in [-0.15, -0.1) is 0 Å². The molecule has 148 valence electrons. The van der Waals surface area contributed by atoms with E-state index in [1.54, 1.807) is 4.90 Å². The molecule has 2 aromatic rings. The SMILES string of the molecule is O=C(OCc1ccccc1)N1C2CCCC1CC(O)(c1cccc(F)c1F)C2. The number of aliphatic hydroxyl groups is 1. The molecule has 2 aliphatic heterocycles. The molecule has 28 heavy (non-hydrogen) atoms. The second-order valence-corrected chi connectivity index (χ2v) is 7.73. The summed E-state index contributed by atoms with van der Waals surface area (Å²) in [5.74, 6) is -1.98. The van der Waals surface area contributed by atoms with Crippen LogP contribution in [0.5, 0.6) is 0 Å². The molecule has 0 radical (unpaired) electrons. The summed E-state index contributed by atoms with van der Waals surface area (Å²) in [5.41, 5.74) is -0.615. The van der Waals surface area contributed by atoms with E-state index >= 15 is 0 Å². The first-order chi connectivity index (χ1) is 13.5. The summed E-state index contributed by atoms with van der Waals surface area (Å²) in [6, 6.07) is 12.8. The summed E-state index contributed by atoms with van der Waals surface area (Å²) in [4.78, 5) is 14.4. The highest BCUT2D eigenvalue weighted by Gasteiger charge is 2.49. The fourth-order valence-electron chi connectivity index (χ4n) is 4.60. The van der Waals surface area contributed by atoms with Crippen molar-refractivity contribution in [1.82, 2.24) is 4.90 Å². The average Bonchev–Trinajstić information content (AvgIpc) is 2.68. The molecule has 0 saturated carbocycles. The predicted molar refractivity (Wildman–Crippen MR) is 99.4 cm³/mol. The summed E-state index contributed by atoms with van der Waals surface area (Å²) in [5, 5.41) is 11.2. The molecule has 2 saturated heterocycles. The Hall–Kier alpha value is -2.47. The number of piperidine rings is 2. The molecule has 1 N–H and O–H groups in total. The Bertz CT molecular complexity index is 844. The summed E-state index contributed by atoms with van der Waals surface area (Å²) in [7, 11) is 0. The third kappa shape index (κ3) is 3.49. The minimum absolute atomic E-state index is 0.0262.